The summed E-state index contributed by atoms with van der Waals surface area (Å²) in [6, 6.07) is -0.286. The maximum atomic E-state index is 12.5. The largest absolute Gasteiger partial charge is 0.469 e. The zero-order valence-corrected chi connectivity index (χ0v) is 16.6. The van der Waals surface area contributed by atoms with Gasteiger partial charge in [0.15, 0.2) is 6.10 Å². The molecule has 10 heteroatoms. The van der Waals surface area contributed by atoms with E-state index in [0.717, 1.165) is 19.3 Å². The second-order valence-electron chi connectivity index (χ2n) is 6.69. The van der Waals surface area contributed by atoms with Crippen LogP contribution in [0.25, 0.3) is 0 Å². The number of urea groups is 1. The number of carbonyl (C=O) groups is 2. The molecule has 1 aromatic rings. The van der Waals surface area contributed by atoms with Crippen LogP contribution in [-0.2, 0) is 14.3 Å². The first-order chi connectivity index (χ1) is 13.1. The molecular weight excluding hydrogens is 372 g/mol. The fourth-order valence-corrected chi connectivity index (χ4v) is 3.77. The Bertz CT molecular complexity index is 649. The summed E-state index contributed by atoms with van der Waals surface area (Å²) in [7, 11) is 1.65. The van der Waals surface area contributed by atoms with Crippen molar-refractivity contribution < 1.29 is 23.8 Å². The fourth-order valence-electron chi connectivity index (χ4n) is 3.02. The Balaban J connectivity index is 1.60. The number of ether oxygens (including phenoxy) is 3. The number of hydrogen-bond donors (Lipinski definition) is 0. The molecule has 2 fully saturated rings. The normalized spacial score (nSPS) is 22.5. The van der Waals surface area contributed by atoms with Gasteiger partial charge in [-0.1, -0.05) is 31.3 Å². The lowest BCUT2D eigenvalue weighted by atomic mass is 10.2. The molecule has 0 aromatic carbocycles. The molecule has 27 heavy (non-hydrogen) atoms. The zero-order chi connectivity index (χ0) is 19.2. The predicted molar refractivity (Wildman–Crippen MR) is 98.9 cm³/mol. The summed E-state index contributed by atoms with van der Waals surface area (Å²) in [5.74, 6) is -0.442. The molecule has 3 rings (SSSR count). The Labute approximate surface area is 162 Å². The summed E-state index contributed by atoms with van der Waals surface area (Å²) < 4.78 is 16.5. The summed E-state index contributed by atoms with van der Waals surface area (Å²) >= 11 is 1.17. The molecule has 0 spiro atoms. The van der Waals surface area contributed by atoms with Crippen molar-refractivity contribution in [2.45, 2.75) is 57.8 Å². The number of hydrogen-bond acceptors (Lipinski definition) is 8. The minimum absolute atomic E-state index is 0.268. The van der Waals surface area contributed by atoms with Gasteiger partial charge in [-0.3, -0.25) is 0 Å². The average molecular weight is 398 g/mol. The monoisotopic (exact) mass is 398 g/mol. The van der Waals surface area contributed by atoms with Crippen LogP contribution >= 0.6 is 11.3 Å². The van der Waals surface area contributed by atoms with E-state index in [0.29, 0.717) is 30.0 Å². The van der Waals surface area contributed by atoms with Crippen molar-refractivity contribution in [3.05, 3.63) is 0 Å². The van der Waals surface area contributed by atoms with Gasteiger partial charge in [0.2, 0.25) is 11.4 Å². The summed E-state index contributed by atoms with van der Waals surface area (Å²) in [6.45, 7) is 3.55. The fraction of sp³-hybridized carbons (Fsp3) is 0.765. The molecule has 2 aliphatic rings. The predicted octanol–water partition coefficient (Wildman–Crippen LogP) is 2.42. The molecule has 0 N–H and O–H groups in total. The standard InChI is InChI=1S/C17H26N4O5S/c1-3-4-5-6-9-25-16-19-18-15(27-16)21-13(11-20(2)17(21)23)26-14(22)12-8-7-10-24-12/h12-13H,3-11H2,1-2H3. The molecular formula is C17H26N4O5S. The van der Waals surface area contributed by atoms with Crippen LogP contribution in [0, 0.1) is 0 Å². The Kier molecular flexibility index (Phi) is 6.84. The number of likely N-dealkylation sites (N-methyl/N-ethyl adjacent to an activating group) is 1. The van der Waals surface area contributed by atoms with Crippen LogP contribution in [0.4, 0.5) is 9.93 Å². The number of rotatable bonds is 9. The number of esters is 1. The lowest BCUT2D eigenvalue weighted by Crippen LogP contribution is -2.39. The molecule has 0 aliphatic carbocycles. The quantitative estimate of drug-likeness (QED) is 0.466. The maximum absolute atomic E-state index is 12.5. The van der Waals surface area contributed by atoms with E-state index in [9.17, 15) is 9.59 Å². The van der Waals surface area contributed by atoms with Crippen LogP contribution in [0.5, 0.6) is 5.19 Å². The van der Waals surface area contributed by atoms with Gasteiger partial charge < -0.3 is 19.1 Å². The first-order valence-corrected chi connectivity index (χ1v) is 10.2. The summed E-state index contributed by atoms with van der Waals surface area (Å²) in [5.41, 5.74) is 0. The molecule has 9 nitrogen and oxygen atoms in total. The number of carbonyl (C=O) groups excluding carboxylic acids is 2. The van der Waals surface area contributed by atoms with Crippen LogP contribution in [0.2, 0.25) is 0 Å². The SMILES string of the molecule is CCCCCCOc1nnc(N2C(=O)N(C)CC2OC(=O)C2CCCO2)s1. The number of unbranched alkanes of at least 4 members (excludes halogenated alkanes) is 3. The Morgan fingerprint density at radius 3 is 2.93 bits per heavy atom. The van der Waals surface area contributed by atoms with Crippen LogP contribution in [-0.4, -0.2) is 66.2 Å². The summed E-state index contributed by atoms with van der Waals surface area (Å²) in [5, 5.41) is 8.82. The highest BCUT2D eigenvalue weighted by Gasteiger charge is 2.42. The number of anilines is 1. The van der Waals surface area contributed by atoms with Gasteiger partial charge in [0.05, 0.1) is 13.2 Å². The van der Waals surface area contributed by atoms with E-state index in [1.165, 1.54) is 34.0 Å². The molecule has 2 atom stereocenters. The van der Waals surface area contributed by atoms with E-state index in [1.54, 1.807) is 7.05 Å². The van der Waals surface area contributed by atoms with E-state index in [1.807, 2.05) is 0 Å². The summed E-state index contributed by atoms with van der Waals surface area (Å²) in [4.78, 5) is 27.6. The molecule has 0 bridgehead atoms. The van der Waals surface area contributed by atoms with Gasteiger partial charge in [-0.25, -0.2) is 14.5 Å². The first kappa shape index (κ1) is 19.8. The molecule has 3 heterocycles. The van der Waals surface area contributed by atoms with Crippen molar-refractivity contribution in [1.82, 2.24) is 15.1 Å². The Hall–Kier alpha value is -1.94. The second-order valence-corrected chi connectivity index (χ2v) is 7.60. The van der Waals surface area contributed by atoms with Crippen LogP contribution in [0.15, 0.2) is 0 Å². The van der Waals surface area contributed by atoms with Gasteiger partial charge in [0, 0.05) is 13.7 Å². The third kappa shape index (κ3) is 4.86. The van der Waals surface area contributed by atoms with Crippen molar-refractivity contribution in [2.24, 2.45) is 0 Å². The van der Waals surface area contributed by atoms with Gasteiger partial charge in [-0.15, -0.1) is 5.10 Å². The summed E-state index contributed by atoms with van der Waals surface area (Å²) in [6.07, 6.45) is 4.59. The van der Waals surface area contributed by atoms with Crippen molar-refractivity contribution in [1.29, 1.82) is 0 Å². The van der Waals surface area contributed by atoms with Gasteiger partial charge in [-0.2, -0.15) is 0 Å². The minimum atomic E-state index is -0.746. The average Bonchev–Trinajstić information content (AvgIpc) is 3.37. The molecule has 150 valence electrons. The molecule has 0 radical (unpaired) electrons. The Morgan fingerprint density at radius 2 is 2.19 bits per heavy atom. The molecule has 2 unspecified atom stereocenters. The van der Waals surface area contributed by atoms with Crippen LogP contribution < -0.4 is 9.64 Å². The van der Waals surface area contributed by atoms with Gasteiger partial charge in [0.1, 0.15) is 0 Å². The van der Waals surface area contributed by atoms with Crippen molar-refractivity contribution in [3.8, 4) is 5.19 Å². The van der Waals surface area contributed by atoms with Crippen molar-refractivity contribution >= 4 is 28.5 Å². The van der Waals surface area contributed by atoms with Gasteiger partial charge in [0.25, 0.3) is 5.19 Å². The zero-order valence-electron chi connectivity index (χ0n) is 15.8. The topological polar surface area (TPSA) is 94.1 Å². The lowest BCUT2D eigenvalue weighted by Gasteiger charge is -2.21. The van der Waals surface area contributed by atoms with Gasteiger partial charge >= 0.3 is 12.0 Å². The number of amides is 2. The highest BCUT2D eigenvalue weighted by molar-refractivity contribution is 7.17. The van der Waals surface area contributed by atoms with E-state index in [2.05, 4.69) is 17.1 Å². The smallest absolute Gasteiger partial charge is 0.337 e. The second kappa shape index (κ2) is 9.32. The lowest BCUT2D eigenvalue weighted by molar-refractivity contribution is -0.158. The molecule has 1 aromatic heterocycles. The van der Waals surface area contributed by atoms with Crippen LogP contribution in [0.1, 0.15) is 45.4 Å². The molecule has 2 aliphatic heterocycles. The first-order valence-electron chi connectivity index (χ1n) is 9.43. The number of nitrogens with zero attached hydrogens (tertiary/aromatic N) is 4. The molecule has 2 amide bonds. The third-order valence-corrected chi connectivity index (χ3v) is 5.36. The minimum Gasteiger partial charge on any atom is -0.469 e. The van der Waals surface area contributed by atoms with Crippen LogP contribution in [0.3, 0.4) is 0 Å². The van der Waals surface area contributed by atoms with E-state index in [-0.39, 0.29) is 12.6 Å². The maximum Gasteiger partial charge on any atom is 0.337 e. The van der Waals surface area contributed by atoms with Gasteiger partial charge in [-0.05, 0) is 30.6 Å². The van der Waals surface area contributed by atoms with Crippen molar-refractivity contribution in [2.75, 3.05) is 31.7 Å². The van der Waals surface area contributed by atoms with E-state index in [4.69, 9.17) is 14.2 Å². The van der Waals surface area contributed by atoms with Crippen molar-refractivity contribution in [3.63, 3.8) is 0 Å². The third-order valence-electron chi connectivity index (χ3n) is 4.52. The molecule has 2 saturated heterocycles. The number of aromatic nitrogens is 2. The van der Waals surface area contributed by atoms with E-state index < -0.39 is 18.3 Å². The highest BCUT2D eigenvalue weighted by Crippen LogP contribution is 2.31. The van der Waals surface area contributed by atoms with E-state index >= 15 is 0 Å². The Morgan fingerprint density at radius 1 is 1.33 bits per heavy atom. The highest BCUT2D eigenvalue weighted by atomic mass is 32.1. The molecule has 0 saturated carbocycles.